The molecule has 0 radical (unpaired) electrons. The van der Waals surface area contributed by atoms with Crippen LogP contribution in [0.4, 0.5) is 11.4 Å². The number of carbonyl (C=O) groups is 2. The van der Waals surface area contributed by atoms with Crippen LogP contribution in [0.3, 0.4) is 0 Å². The van der Waals surface area contributed by atoms with Gasteiger partial charge in [0.25, 0.3) is 5.56 Å². The standard InChI is InChI=1S/C16H17N3O3/c1-11-4-3-9-19(16(11)22)10-15(21)18-14-7-5-13(6-8-14)17-12(2)20/h3-9H,10H2,1-2H3,(H,17,20)(H,18,21). The third-order valence-corrected chi connectivity index (χ3v) is 3.01. The molecule has 0 saturated carbocycles. The molecule has 1 heterocycles. The van der Waals surface area contributed by atoms with Crippen LogP contribution < -0.4 is 16.2 Å². The second-order valence-electron chi connectivity index (χ2n) is 4.93. The predicted molar refractivity (Wildman–Crippen MR) is 84.8 cm³/mol. The average Bonchev–Trinajstić information content (AvgIpc) is 2.45. The van der Waals surface area contributed by atoms with Gasteiger partial charge in [-0.1, -0.05) is 6.07 Å². The molecule has 2 rings (SSSR count). The van der Waals surface area contributed by atoms with Crippen molar-refractivity contribution < 1.29 is 9.59 Å². The summed E-state index contributed by atoms with van der Waals surface area (Å²) in [5.74, 6) is -0.449. The minimum atomic E-state index is -0.292. The van der Waals surface area contributed by atoms with Gasteiger partial charge in [0, 0.05) is 30.1 Å². The summed E-state index contributed by atoms with van der Waals surface area (Å²) in [7, 11) is 0. The summed E-state index contributed by atoms with van der Waals surface area (Å²) in [6.07, 6.45) is 1.58. The van der Waals surface area contributed by atoms with E-state index < -0.39 is 0 Å². The first kappa shape index (κ1) is 15.5. The van der Waals surface area contributed by atoms with Crippen LogP contribution in [0.2, 0.25) is 0 Å². The number of pyridine rings is 1. The first-order chi connectivity index (χ1) is 10.5. The molecule has 0 saturated heterocycles. The van der Waals surface area contributed by atoms with E-state index in [-0.39, 0.29) is 23.9 Å². The lowest BCUT2D eigenvalue weighted by Crippen LogP contribution is -2.28. The summed E-state index contributed by atoms with van der Waals surface area (Å²) in [6, 6.07) is 10.2. The highest BCUT2D eigenvalue weighted by atomic mass is 16.2. The number of benzene rings is 1. The number of anilines is 2. The van der Waals surface area contributed by atoms with Gasteiger partial charge in [0.2, 0.25) is 11.8 Å². The van der Waals surface area contributed by atoms with Crippen LogP contribution in [-0.2, 0) is 16.1 Å². The first-order valence-corrected chi connectivity index (χ1v) is 6.79. The third-order valence-electron chi connectivity index (χ3n) is 3.01. The molecule has 114 valence electrons. The highest BCUT2D eigenvalue weighted by Crippen LogP contribution is 2.13. The van der Waals surface area contributed by atoms with Crippen molar-refractivity contribution in [1.82, 2.24) is 4.57 Å². The fraction of sp³-hybridized carbons (Fsp3) is 0.188. The number of rotatable bonds is 4. The Hall–Kier alpha value is -2.89. The van der Waals surface area contributed by atoms with Gasteiger partial charge in [0.15, 0.2) is 0 Å². The Morgan fingerprint density at radius 3 is 2.23 bits per heavy atom. The van der Waals surface area contributed by atoms with Crippen LogP contribution in [0, 0.1) is 6.92 Å². The topological polar surface area (TPSA) is 80.2 Å². The number of hydrogen-bond acceptors (Lipinski definition) is 3. The van der Waals surface area contributed by atoms with E-state index in [0.29, 0.717) is 16.9 Å². The lowest BCUT2D eigenvalue weighted by atomic mass is 10.2. The summed E-state index contributed by atoms with van der Waals surface area (Å²) in [4.78, 5) is 34.7. The average molecular weight is 299 g/mol. The normalized spacial score (nSPS) is 10.1. The zero-order chi connectivity index (χ0) is 16.1. The fourth-order valence-electron chi connectivity index (χ4n) is 1.98. The Labute approximate surface area is 127 Å². The summed E-state index contributed by atoms with van der Waals surface area (Å²) in [6.45, 7) is 3.08. The minimum absolute atomic E-state index is 0.0477. The number of amides is 2. The van der Waals surface area contributed by atoms with Crippen molar-refractivity contribution >= 4 is 23.2 Å². The maximum absolute atomic E-state index is 12.0. The van der Waals surface area contributed by atoms with Gasteiger partial charge in [-0.05, 0) is 37.3 Å². The molecule has 0 spiro atoms. The number of carbonyl (C=O) groups excluding carboxylic acids is 2. The van der Waals surface area contributed by atoms with Crippen molar-refractivity contribution in [3.05, 3.63) is 58.5 Å². The van der Waals surface area contributed by atoms with Crippen molar-refractivity contribution in [2.24, 2.45) is 0 Å². The predicted octanol–water partition coefficient (Wildman–Crippen LogP) is 1.75. The Balaban J connectivity index is 2.01. The molecule has 0 bridgehead atoms. The molecule has 6 heteroatoms. The van der Waals surface area contributed by atoms with E-state index in [1.54, 1.807) is 49.5 Å². The van der Waals surface area contributed by atoms with E-state index >= 15 is 0 Å². The molecular formula is C16H17N3O3. The fourth-order valence-corrected chi connectivity index (χ4v) is 1.98. The molecule has 0 aliphatic carbocycles. The van der Waals surface area contributed by atoms with Crippen LogP contribution in [0.15, 0.2) is 47.4 Å². The zero-order valence-corrected chi connectivity index (χ0v) is 12.4. The van der Waals surface area contributed by atoms with E-state index in [9.17, 15) is 14.4 Å². The van der Waals surface area contributed by atoms with Crippen LogP contribution >= 0.6 is 0 Å². The highest BCUT2D eigenvalue weighted by molar-refractivity contribution is 5.92. The van der Waals surface area contributed by atoms with Crippen LogP contribution in [0.1, 0.15) is 12.5 Å². The first-order valence-electron chi connectivity index (χ1n) is 6.79. The SMILES string of the molecule is CC(=O)Nc1ccc(NC(=O)Cn2cccc(C)c2=O)cc1. The Morgan fingerprint density at radius 1 is 1.05 bits per heavy atom. The quantitative estimate of drug-likeness (QED) is 0.902. The summed E-state index contributed by atoms with van der Waals surface area (Å²) >= 11 is 0. The molecule has 2 amide bonds. The second kappa shape index (κ2) is 6.71. The van der Waals surface area contributed by atoms with Gasteiger partial charge in [-0.15, -0.1) is 0 Å². The summed E-state index contributed by atoms with van der Waals surface area (Å²) in [5, 5.41) is 5.35. The number of hydrogen-bond donors (Lipinski definition) is 2. The Morgan fingerprint density at radius 2 is 1.64 bits per heavy atom. The molecule has 0 fully saturated rings. The van der Waals surface area contributed by atoms with Gasteiger partial charge in [-0.2, -0.15) is 0 Å². The largest absolute Gasteiger partial charge is 0.326 e. The van der Waals surface area contributed by atoms with Gasteiger partial charge in [-0.25, -0.2) is 0 Å². The van der Waals surface area contributed by atoms with E-state index in [1.165, 1.54) is 11.5 Å². The van der Waals surface area contributed by atoms with Gasteiger partial charge in [0.05, 0.1) is 0 Å². The molecular weight excluding hydrogens is 282 g/mol. The number of nitrogens with zero attached hydrogens (tertiary/aromatic N) is 1. The van der Waals surface area contributed by atoms with Crippen molar-refractivity contribution in [3.8, 4) is 0 Å². The van der Waals surface area contributed by atoms with Crippen molar-refractivity contribution in [1.29, 1.82) is 0 Å². The van der Waals surface area contributed by atoms with E-state index in [1.807, 2.05) is 0 Å². The summed E-state index contributed by atoms with van der Waals surface area (Å²) < 4.78 is 1.36. The molecule has 0 aliphatic rings. The zero-order valence-electron chi connectivity index (χ0n) is 12.4. The van der Waals surface area contributed by atoms with Crippen molar-refractivity contribution in [2.45, 2.75) is 20.4 Å². The lowest BCUT2D eigenvalue weighted by molar-refractivity contribution is -0.117. The lowest BCUT2D eigenvalue weighted by Gasteiger charge is -2.09. The third kappa shape index (κ3) is 4.05. The molecule has 0 aliphatic heterocycles. The Kier molecular flexibility index (Phi) is 4.73. The summed E-state index contributed by atoms with van der Waals surface area (Å²) in [5.41, 5.74) is 1.66. The molecule has 2 aromatic rings. The molecule has 22 heavy (non-hydrogen) atoms. The second-order valence-corrected chi connectivity index (χ2v) is 4.93. The maximum Gasteiger partial charge on any atom is 0.253 e. The molecule has 0 unspecified atom stereocenters. The maximum atomic E-state index is 12.0. The minimum Gasteiger partial charge on any atom is -0.326 e. The van der Waals surface area contributed by atoms with Gasteiger partial charge in [-0.3, -0.25) is 14.4 Å². The van der Waals surface area contributed by atoms with E-state index in [2.05, 4.69) is 10.6 Å². The van der Waals surface area contributed by atoms with Gasteiger partial charge < -0.3 is 15.2 Å². The smallest absolute Gasteiger partial charge is 0.253 e. The number of nitrogens with one attached hydrogen (secondary N) is 2. The van der Waals surface area contributed by atoms with E-state index in [0.717, 1.165) is 0 Å². The monoisotopic (exact) mass is 299 g/mol. The number of aryl methyl sites for hydroxylation is 1. The molecule has 2 N–H and O–H groups in total. The van der Waals surface area contributed by atoms with Crippen LogP contribution in [-0.4, -0.2) is 16.4 Å². The molecule has 0 atom stereocenters. The molecule has 6 nitrogen and oxygen atoms in total. The van der Waals surface area contributed by atoms with Crippen LogP contribution in [0.25, 0.3) is 0 Å². The van der Waals surface area contributed by atoms with Crippen molar-refractivity contribution in [3.63, 3.8) is 0 Å². The highest BCUT2D eigenvalue weighted by Gasteiger charge is 2.06. The number of aromatic nitrogens is 1. The van der Waals surface area contributed by atoms with Gasteiger partial charge >= 0.3 is 0 Å². The van der Waals surface area contributed by atoms with Crippen molar-refractivity contribution in [2.75, 3.05) is 10.6 Å². The molecule has 1 aromatic heterocycles. The van der Waals surface area contributed by atoms with E-state index in [4.69, 9.17) is 0 Å². The Bertz CT molecular complexity index is 748. The van der Waals surface area contributed by atoms with Crippen LogP contribution in [0.5, 0.6) is 0 Å². The van der Waals surface area contributed by atoms with Gasteiger partial charge in [0.1, 0.15) is 6.54 Å². The molecule has 1 aromatic carbocycles.